The summed E-state index contributed by atoms with van der Waals surface area (Å²) in [6, 6.07) is 12.1. The number of hydrogen-bond donors (Lipinski definition) is 2. The zero-order valence-corrected chi connectivity index (χ0v) is 40.9. The Kier molecular flexibility index (Phi) is 28.4. The van der Waals surface area contributed by atoms with Crippen molar-refractivity contribution in [3.63, 3.8) is 0 Å². The van der Waals surface area contributed by atoms with Gasteiger partial charge in [0.15, 0.2) is 0 Å². The standard InChI is InChI=1S/C16H29N3OS.C12H21N3.C11H16N2OS.C5H12ClN/c1-13-9-10-14(17-12-13)15(8-7-11-19(5)6)18-21(20)16(2,3)4;1-10-6-7-12(14-9-10)11(13)5-4-8-15(2)3;1-9-5-6-10(12-7-9)8-13-15(14)11(2,3)4;1-7(2)5-3-4-6/h9-10,12,15,18H,7-8,11H2,1-6H3;6-7,9,11H,4-5,8,13H2,1-3H3;5-8H,1-4H3;3-5H2,1-2H3/t15?,21-;;15-;/m0.0./s1. The third-order valence-electron chi connectivity index (χ3n) is 8.11. The normalized spacial score (nSPS) is 13.9. The molecule has 2 unspecified atom stereocenters. The van der Waals surface area contributed by atoms with Gasteiger partial charge in [-0.15, -0.1) is 11.6 Å². The topological polar surface area (TPSA) is 133 Å². The molecular formula is C44H78ClN9O2S2. The van der Waals surface area contributed by atoms with Gasteiger partial charge in [0.05, 0.1) is 49.8 Å². The molecule has 0 saturated heterocycles. The van der Waals surface area contributed by atoms with E-state index in [2.05, 4.69) is 79.1 Å². The van der Waals surface area contributed by atoms with E-state index in [4.69, 9.17) is 17.3 Å². The van der Waals surface area contributed by atoms with Crippen molar-refractivity contribution < 1.29 is 8.42 Å². The van der Waals surface area contributed by atoms with Crippen LogP contribution in [-0.2, 0) is 22.0 Å². The van der Waals surface area contributed by atoms with Gasteiger partial charge < -0.3 is 20.4 Å². The van der Waals surface area contributed by atoms with Crippen LogP contribution in [0.5, 0.6) is 0 Å². The smallest absolute Gasteiger partial charge is 0.144 e. The first-order valence-electron chi connectivity index (χ1n) is 20.1. The van der Waals surface area contributed by atoms with Gasteiger partial charge in [-0.25, -0.2) is 13.1 Å². The predicted octanol–water partition coefficient (Wildman–Crippen LogP) is 8.00. The highest BCUT2D eigenvalue weighted by Gasteiger charge is 2.24. The molecule has 11 nitrogen and oxygen atoms in total. The fraction of sp³-hybridized carbons (Fsp3) is 0.636. The zero-order valence-electron chi connectivity index (χ0n) is 38.5. The molecule has 58 heavy (non-hydrogen) atoms. The van der Waals surface area contributed by atoms with Crippen LogP contribution in [0.15, 0.2) is 59.4 Å². The molecule has 4 atom stereocenters. The van der Waals surface area contributed by atoms with Crippen LogP contribution in [0.2, 0.25) is 0 Å². The molecule has 3 aromatic rings. The molecule has 0 aliphatic rings. The number of rotatable bonds is 17. The van der Waals surface area contributed by atoms with E-state index in [9.17, 15) is 8.42 Å². The molecule has 0 aliphatic carbocycles. The average Bonchev–Trinajstić information content (AvgIpc) is 3.13. The summed E-state index contributed by atoms with van der Waals surface area (Å²) in [7, 11) is 10.1. The monoisotopic (exact) mass is 864 g/mol. The average molecular weight is 865 g/mol. The summed E-state index contributed by atoms with van der Waals surface area (Å²) in [5.41, 5.74) is 12.2. The molecule has 330 valence electrons. The molecule has 0 aliphatic heterocycles. The minimum Gasteiger partial charge on any atom is -0.323 e. The molecule has 0 saturated carbocycles. The minimum atomic E-state index is -1.21. The van der Waals surface area contributed by atoms with Crippen molar-refractivity contribution in [1.29, 1.82) is 0 Å². The number of alkyl halides is 1. The highest BCUT2D eigenvalue weighted by Crippen LogP contribution is 2.21. The van der Waals surface area contributed by atoms with E-state index in [1.165, 1.54) is 5.56 Å². The Morgan fingerprint density at radius 3 is 1.52 bits per heavy atom. The van der Waals surface area contributed by atoms with Crippen LogP contribution in [0.25, 0.3) is 0 Å². The number of pyridine rings is 3. The highest BCUT2D eigenvalue weighted by molar-refractivity contribution is 7.85. The van der Waals surface area contributed by atoms with Crippen LogP contribution in [0.1, 0.15) is 120 Å². The van der Waals surface area contributed by atoms with Crippen molar-refractivity contribution in [2.45, 2.75) is 116 Å². The Bertz CT molecular complexity index is 1580. The van der Waals surface area contributed by atoms with Crippen LogP contribution >= 0.6 is 11.6 Å². The van der Waals surface area contributed by atoms with Gasteiger partial charge in [-0.2, -0.15) is 4.40 Å². The maximum Gasteiger partial charge on any atom is 0.144 e. The van der Waals surface area contributed by atoms with Crippen molar-refractivity contribution in [2.24, 2.45) is 10.1 Å². The summed E-state index contributed by atoms with van der Waals surface area (Å²) in [5.74, 6) is 0.776. The molecule has 0 bridgehead atoms. The summed E-state index contributed by atoms with van der Waals surface area (Å²) >= 11 is 5.42. The van der Waals surface area contributed by atoms with Crippen molar-refractivity contribution in [2.75, 3.05) is 67.8 Å². The zero-order chi connectivity index (χ0) is 44.5. The Morgan fingerprint density at radius 1 is 0.690 bits per heavy atom. The number of nitrogens with one attached hydrogen (secondary N) is 1. The van der Waals surface area contributed by atoms with Gasteiger partial charge >= 0.3 is 0 Å². The number of hydrogen-bond acceptors (Lipinski definition) is 9. The number of nitrogens with zero attached hydrogens (tertiary/aromatic N) is 7. The Morgan fingerprint density at radius 2 is 1.14 bits per heavy atom. The van der Waals surface area contributed by atoms with E-state index in [-0.39, 0.29) is 21.6 Å². The minimum absolute atomic E-state index is 0.0330. The highest BCUT2D eigenvalue weighted by atomic mass is 35.5. The number of aryl methyl sites for hydroxylation is 3. The lowest BCUT2D eigenvalue weighted by atomic mass is 10.1. The molecule has 3 heterocycles. The van der Waals surface area contributed by atoms with Gasteiger partial charge in [-0.05, 0) is 191 Å². The second-order valence-electron chi connectivity index (χ2n) is 17.3. The fourth-order valence-corrected chi connectivity index (χ4v) is 6.03. The molecule has 3 aromatic heterocycles. The van der Waals surface area contributed by atoms with Crippen molar-refractivity contribution in [3.05, 3.63) is 88.8 Å². The molecule has 3 rings (SSSR count). The maximum atomic E-state index is 12.4. The van der Waals surface area contributed by atoms with Gasteiger partial charge in [0.1, 0.15) is 11.0 Å². The summed E-state index contributed by atoms with van der Waals surface area (Å²) < 4.78 is 30.6. The lowest BCUT2D eigenvalue weighted by Gasteiger charge is -2.24. The molecular weight excluding hydrogens is 786 g/mol. The quantitative estimate of drug-likeness (QED) is 0.102. The first-order valence-corrected chi connectivity index (χ1v) is 22.9. The van der Waals surface area contributed by atoms with Gasteiger partial charge in [0.25, 0.3) is 0 Å². The van der Waals surface area contributed by atoms with Crippen LogP contribution in [0, 0.1) is 20.8 Å². The Balaban J connectivity index is 0.000000788. The van der Waals surface area contributed by atoms with E-state index in [1.54, 1.807) is 12.4 Å². The van der Waals surface area contributed by atoms with Crippen LogP contribution in [0.4, 0.5) is 0 Å². The van der Waals surface area contributed by atoms with Gasteiger partial charge in [0.2, 0.25) is 0 Å². The number of aromatic nitrogens is 3. The van der Waals surface area contributed by atoms with Crippen LogP contribution in [0.3, 0.4) is 0 Å². The SMILES string of the molecule is CN(C)CCCCl.Cc1ccc(C(CCCN(C)C)N[S@@](=O)C(C)(C)C)nc1.Cc1ccc(C(N)CCCN(C)C)nc1.Cc1ccc(C=N[S@@](=O)C(C)(C)C)nc1. The number of halogens is 1. The van der Waals surface area contributed by atoms with Gasteiger partial charge in [-0.3, -0.25) is 15.0 Å². The molecule has 0 amide bonds. The van der Waals surface area contributed by atoms with E-state index < -0.39 is 22.0 Å². The maximum absolute atomic E-state index is 12.4. The molecule has 0 radical (unpaired) electrons. The second kappa shape index (κ2) is 29.7. The second-order valence-corrected chi connectivity index (χ2v) is 21.6. The van der Waals surface area contributed by atoms with E-state index in [0.717, 1.165) is 85.8 Å². The number of nitrogens with two attached hydrogens (primary N) is 1. The Labute approximate surface area is 363 Å². The van der Waals surface area contributed by atoms with Crippen LogP contribution < -0.4 is 10.5 Å². The summed E-state index contributed by atoms with van der Waals surface area (Å²) in [4.78, 5) is 19.5. The third-order valence-corrected chi connectivity index (χ3v) is 11.3. The van der Waals surface area contributed by atoms with E-state index in [1.807, 2.05) is 113 Å². The lowest BCUT2D eigenvalue weighted by molar-refractivity contribution is 0.381. The van der Waals surface area contributed by atoms with E-state index in [0.29, 0.717) is 0 Å². The van der Waals surface area contributed by atoms with Crippen molar-refractivity contribution in [1.82, 2.24) is 34.4 Å². The largest absolute Gasteiger partial charge is 0.323 e. The fourth-order valence-electron chi connectivity index (χ4n) is 4.54. The molecule has 3 N–H and O–H groups in total. The third kappa shape index (κ3) is 28.1. The summed E-state index contributed by atoms with van der Waals surface area (Å²) in [5, 5.41) is 0. The summed E-state index contributed by atoms with van der Waals surface area (Å²) in [6.45, 7) is 20.9. The van der Waals surface area contributed by atoms with Gasteiger partial charge in [-0.1, -0.05) is 18.2 Å². The summed E-state index contributed by atoms with van der Waals surface area (Å²) in [6.07, 6.45) is 12.2. The molecule has 0 fully saturated rings. The van der Waals surface area contributed by atoms with Crippen LogP contribution in [-0.4, -0.2) is 122 Å². The first-order chi connectivity index (χ1) is 27.0. The predicted molar refractivity (Wildman–Crippen MR) is 253 cm³/mol. The van der Waals surface area contributed by atoms with E-state index >= 15 is 0 Å². The van der Waals surface area contributed by atoms with Gasteiger partial charge in [0, 0.05) is 30.5 Å². The molecule has 0 spiro atoms. The molecule has 0 aromatic carbocycles. The molecule has 14 heteroatoms. The van der Waals surface area contributed by atoms with Crippen molar-refractivity contribution in [3.8, 4) is 0 Å². The first kappa shape index (κ1) is 55.5. The van der Waals surface area contributed by atoms with Crippen molar-refractivity contribution >= 4 is 39.8 Å². The lowest BCUT2D eigenvalue weighted by Crippen LogP contribution is -2.36. The Hall–Kier alpha value is -2.49.